The zero-order chi connectivity index (χ0) is 31.5. The van der Waals surface area contributed by atoms with Crippen molar-refractivity contribution in [3.63, 3.8) is 0 Å². The highest BCUT2D eigenvalue weighted by Crippen LogP contribution is 2.43. The molecule has 0 heterocycles. The Morgan fingerprint density at radius 3 is 2.28 bits per heavy atom. The molecule has 0 bridgehead atoms. The number of hydrogen-bond acceptors (Lipinski definition) is 13. The Balaban J connectivity index is 2.15. The summed E-state index contributed by atoms with van der Waals surface area (Å²) in [4.78, 5) is 47.2. The Labute approximate surface area is 249 Å². The minimum atomic E-state index is -0.858. The van der Waals surface area contributed by atoms with E-state index in [1.165, 1.54) is 27.2 Å². The van der Waals surface area contributed by atoms with Gasteiger partial charge in [-0.15, -0.1) is 10.2 Å². The van der Waals surface area contributed by atoms with E-state index in [-0.39, 0.29) is 40.7 Å². The fourth-order valence-corrected chi connectivity index (χ4v) is 4.42. The van der Waals surface area contributed by atoms with Crippen LogP contribution in [0.25, 0.3) is 0 Å². The normalized spacial score (nSPS) is 10.6. The van der Waals surface area contributed by atoms with Gasteiger partial charge >= 0.3 is 11.7 Å². The van der Waals surface area contributed by atoms with Gasteiger partial charge in [-0.2, -0.15) is 5.26 Å². The molecule has 3 rings (SSSR count). The lowest BCUT2D eigenvalue weighted by Gasteiger charge is -2.27. The topological polar surface area (TPSA) is 203 Å². The number of anilines is 2. The molecule has 0 atom stereocenters. The van der Waals surface area contributed by atoms with E-state index in [4.69, 9.17) is 14.7 Å². The van der Waals surface area contributed by atoms with Crippen molar-refractivity contribution >= 4 is 57.8 Å². The maximum absolute atomic E-state index is 12.1. The molecule has 16 heteroatoms. The lowest BCUT2D eigenvalue weighted by molar-refractivity contribution is -0.395. The molecule has 1 N–H and O–H groups in total. The molecule has 1 amide bonds. The van der Waals surface area contributed by atoms with Crippen LogP contribution >= 0.6 is 11.8 Å². The highest BCUT2D eigenvalue weighted by Gasteiger charge is 2.26. The van der Waals surface area contributed by atoms with Crippen LogP contribution in [0.3, 0.4) is 0 Å². The van der Waals surface area contributed by atoms with Gasteiger partial charge in [-0.1, -0.05) is 30.3 Å². The van der Waals surface area contributed by atoms with Crippen molar-refractivity contribution in [1.29, 1.82) is 5.26 Å². The molecule has 0 saturated heterocycles. The summed E-state index contributed by atoms with van der Waals surface area (Å²) in [5, 5.41) is 44.5. The van der Waals surface area contributed by atoms with Crippen LogP contribution in [-0.2, 0) is 20.9 Å². The van der Waals surface area contributed by atoms with Crippen LogP contribution in [0.5, 0.6) is 5.75 Å². The summed E-state index contributed by atoms with van der Waals surface area (Å²) < 4.78 is 10.4. The van der Waals surface area contributed by atoms with E-state index in [2.05, 4.69) is 15.5 Å². The minimum Gasteiger partial charge on any atom is -0.494 e. The van der Waals surface area contributed by atoms with Crippen LogP contribution in [0.4, 0.5) is 34.1 Å². The summed E-state index contributed by atoms with van der Waals surface area (Å²) in [6.07, 6.45) is 0.0519. The Kier molecular flexibility index (Phi) is 11.1. The third kappa shape index (κ3) is 8.47. The minimum absolute atomic E-state index is 0.0468. The molecule has 3 aromatic carbocycles. The SMILES string of the molecule is COC(=O)CCN(Cc1ccccc1)c1cc(NC(C)=O)c(N=Nc2cc(SC#N)c([N+](=O)[O-])cc2[N+](=O)[O-])cc1OC. The molecule has 15 nitrogen and oxygen atoms in total. The number of esters is 1. The molecule has 0 aliphatic rings. The number of nitriles is 1. The van der Waals surface area contributed by atoms with Gasteiger partial charge in [0.25, 0.3) is 5.69 Å². The highest BCUT2D eigenvalue weighted by atomic mass is 32.2. The quantitative estimate of drug-likeness (QED) is 0.0593. The van der Waals surface area contributed by atoms with Crippen LogP contribution in [0.15, 0.2) is 69.7 Å². The van der Waals surface area contributed by atoms with E-state index in [0.29, 0.717) is 30.1 Å². The van der Waals surface area contributed by atoms with Gasteiger partial charge in [0.15, 0.2) is 5.69 Å². The highest BCUT2D eigenvalue weighted by molar-refractivity contribution is 8.03. The van der Waals surface area contributed by atoms with Crippen LogP contribution in [-0.4, -0.2) is 42.5 Å². The van der Waals surface area contributed by atoms with Crippen molar-refractivity contribution in [1.82, 2.24) is 0 Å². The number of ether oxygens (including phenoxy) is 2. The molecule has 0 aromatic heterocycles. The fourth-order valence-electron chi connectivity index (χ4n) is 3.91. The van der Waals surface area contributed by atoms with Crippen molar-refractivity contribution in [3.05, 3.63) is 80.4 Å². The summed E-state index contributed by atoms with van der Waals surface area (Å²) in [7, 11) is 2.70. The van der Waals surface area contributed by atoms with Crippen LogP contribution in [0.1, 0.15) is 18.9 Å². The van der Waals surface area contributed by atoms with E-state index in [9.17, 15) is 29.8 Å². The first-order chi connectivity index (χ1) is 20.6. The van der Waals surface area contributed by atoms with Gasteiger partial charge in [0.1, 0.15) is 21.7 Å². The van der Waals surface area contributed by atoms with Crippen LogP contribution < -0.4 is 15.0 Å². The number of nitrogens with zero attached hydrogens (tertiary/aromatic N) is 6. The first-order valence-corrected chi connectivity index (χ1v) is 13.2. The maximum Gasteiger partial charge on any atom is 0.307 e. The van der Waals surface area contributed by atoms with Crippen molar-refractivity contribution in [3.8, 4) is 11.2 Å². The zero-order valence-electron chi connectivity index (χ0n) is 23.2. The molecule has 0 radical (unpaired) electrons. The van der Waals surface area contributed by atoms with Crippen LogP contribution in [0.2, 0.25) is 0 Å². The molecule has 3 aromatic rings. The molecule has 43 heavy (non-hydrogen) atoms. The van der Waals surface area contributed by atoms with Crippen molar-refractivity contribution in [2.45, 2.75) is 24.8 Å². The number of nitro groups is 2. The maximum atomic E-state index is 12.1. The lowest BCUT2D eigenvalue weighted by atomic mass is 10.1. The molecule has 0 fully saturated rings. The Bertz CT molecular complexity index is 1610. The number of carbonyl (C=O) groups is 2. The third-order valence-electron chi connectivity index (χ3n) is 5.85. The van der Waals surface area contributed by atoms with Crippen molar-refractivity contribution in [2.75, 3.05) is 31.0 Å². The zero-order valence-corrected chi connectivity index (χ0v) is 24.0. The smallest absolute Gasteiger partial charge is 0.307 e. The van der Waals surface area contributed by atoms with Crippen molar-refractivity contribution < 1.29 is 28.9 Å². The number of nitrogens with one attached hydrogen (secondary N) is 1. The number of benzene rings is 3. The number of azo groups is 1. The number of hydrogen-bond donors (Lipinski definition) is 1. The summed E-state index contributed by atoms with van der Waals surface area (Å²) >= 11 is 0.442. The molecular formula is C27H25N7O8S. The Morgan fingerprint density at radius 1 is 1.02 bits per heavy atom. The van der Waals surface area contributed by atoms with E-state index >= 15 is 0 Å². The van der Waals surface area contributed by atoms with Gasteiger partial charge in [0, 0.05) is 26.1 Å². The standard InChI is InChI=1S/C27H25N7O8S/c1-17(35)29-19-11-23(32(10-9-27(36)42-3)15-18-7-5-4-6-8-18)25(41-2)12-20(19)30-31-21-13-26(43-16-28)24(34(39)40)14-22(21)33(37)38/h4-8,11-14H,9-10,15H2,1-3H3,(H,29,35). The summed E-state index contributed by atoms with van der Waals surface area (Å²) in [6.45, 7) is 1.87. The van der Waals surface area contributed by atoms with Gasteiger partial charge in [0.05, 0.1) is 47.9 Å². The molecule has 0 spiro atoms. The summed E-state index contributed by atoms with van der Waals surface area (Å²) in [6, 6.07) is 14.2. The summed E-state index contributed by atoms with van der Waals surface area (Å²) in [5.41, 5.74) is -0.0616. The number of carbonyl (C=O) groups excluding carboxylic acids is 2. The Hall–Kier alpha value is -5.56. The largest absolute Gasteiger partial charge is 0.494 e. The van der Waals surface area contributed by atoms with Gasteiger partial charge in [-0.3, -0.25) is 29.8 Å². The monoisotopic (exact) mass is 607 g/mol. The average Bonchev–Trinajstić information content (AvgIpc) is 2.98. The number of nitro benzene ring substituents is 2. The lowest BCUT2D eigenvalue weighted by Crippen LogP contribution is -2.26. The average molecular weight is 608 g/mol. The molecule has 0 aliphatic carbocycles. The second-order valence-corrected chi connectivity index (χ2v) is 9.50. The van der Waals surface area contributed by atoms with Crippen LogP contribution in [0, 0.1) is 30.9 Å². The number of rotatable bonds is 13. The number of thiocyanates is 1. The second-order valence-electron chi connectivity index (χ2n) is 8.67. The van der Waals surface area contributed by atoms with E-state index in [0.717, 1.165) is 11.6 Å². The fraction of sp³-hybridized carbons (Fsp3) is 0.222. The predicted octanol–water partition coefficient (Wildman–Crippen LogP) is 6.03. The number of thioether (sulfide) groups is 1. The van der Waals surface area contributed by atoms with Gasteiger partial charge in [-0.05, 0) is 29.5 Å². The summed E-state index contributed by atoms with van der Waals surface area (Å²) in [5.74, 6) is -0.600. The van der Waals surface area contributed by atoms with Gasteiger partial charge < -0.3 is 19.7 Å². The van der Waals surface area contributed by atoms with Gasteiger partial charge in [-0.25, -0.2) is 0 Å². The molecule has 0 saturated carbocycles. The van der Waals surface area contributed by atoms with Gasteiger partial charge in [0.2, 0.25) is 5.91 Å². The van der Waals surface area contributed by atoms with Crippen molar-refractivity contribution in [2.24, 2.45) is 10.2 Å². The first kappa shape index (κ1) is 32.0. The molecular weight excluding hydrogens is 582 g/mol. The van der Waals surface area contributed by atoms with E-state index < -0.39 is 33.1 Å². The predicted molar refractivity (Wildman–Crippen MR) is 157 cm³/mol. The van der Waals surface area contributed by atoms with E-state index in [1.807, 2.05) is 35.2 Å². The molecule has 222 valence electrons. The molecule has 0 unspecified atom stereocenters. The Morgan fingerprint density at radius 2 is 1.70 bits per heavy atom. The van der Waals surface area contributed by atoms with E-state index in [1.54, 1.807) is 11.5 Å². The molecule has 0 aliphatic heterocycles. The second kappa shape index (κ2) is 14.9. The first-order valence-electron chi connectivity index (χ1n) is 12.4. The number of amides is 1. The number of methoxy groups -OCH3 is 2. The third-order valence-corrected chi connectivity index (χ3v) is 6.49.